The molecule has 2 unspecified atom stereocenters. The quantitative estimate of drug-likeness (QED) is 0.872. The predicted octanol–water partition coefficient (Wildman–Crippen LogP) is 1.04. The van der Waals surface area contributed by atoms with Crippen LogP contribution in [0.2, 0.25) is 0 Å². The number of carbonyl (C=O) groups excluding carboxylic acids is 1. The summed E-state index contributed by atoms with van der Waals surface area (Å²) in [7, 11) is 0. The monoisotopic (exact) mass is 330 g/mol. The topological polar surface area (TPSA) is 111 Å². The zero-order chi connectivity index (χ0) is 16.9. The summed E-state index contributed by atoms with van der Waals surface area (Å²) >= 11 is 0. The Morgan fingerprint density at radius 3 is 2.92 bits per heavy atom. The van der Waals surface area contributed by atoms with Gasteiger partial charge in [-0.2, -0.15) is 4.98 Å². The average molecular weight is 330 g/mol. The van der Waals surface area contributed by atoms with Crippen molar-refractivity contribution in [1.29, 1.82) is 0 Å². The number of piperidine rings is 1. The Morgan fingerprint density at radius 2 is 2.17 bits per heavy atom. The summed E-state index contributed by atoms with van der Waals surface area (Å²) in [5.41, 5.74) is 5.82. The molecule has 8 nitrogen and oxygen atoms in total. The first-order valence-corrected chi connectivity index (χ1v) is 8.27. The van der Waals surface area contributed by atoms with E-state index in [4.69, 9.17) is 10.3 Å². The molecule has 2 aromatic heterocycles. The molecule has 1 aliphatic rings. The summed E-state index contributed by atoms with van der Waals surface area (Å²) < 4.78 is 5.19. The molecular formula is C16H22N6O2. The van der Waals surface area contributed by atoms with Crippen molar-refractivity contribution >= 4 is 5.91 Å². The highest BCUT2D eigenvalue weighted by Gasteiger charge is 2.28. The van der Waals surface area contributed by atoms with Gasteiger partial charge in [0, 0.05) is 44.4 Å². The van der Waals surface area contributed by atoms with Gasteiger partial charge in [-0.05, 0) is 24.8 Å². The van der Waals surface area contributed by atoms with Crippen molar-refractivity contribution in [2.24, 2.45) is 11.7 Å². The average Bonchev–Trinajstić information content (AvgIpc) is 3.09. The van der Waals surface area contributed by atoms with Crippen molar-refractivity contribution < 1.29 is 9.32 Å². The third-order valence-corrected chi connectivity index (χ3v) is 4.36. The van der Waals surface area contributed by atoms with Gasteiger partial charge in [-0.25, -0.2) is 9.97 Å². The van der Waals surface area contributed by atoms with Gasteiger partial charge < -0.3 is 15.2 Å². The van der Waals surface area contributed by atoms with E-state index in [2.05, 4.69) is 27.0 Å². The fourth-order valence-corrected chi connectivity index (χ4v) is 3.02. The lowest BCUT2D eigenvalue weighted by atomic mass is 9.92. The molecule has 8 heteroatoms. The maximum absolute atomic E-state index is 12.5. The standard InChI is InChI=1S/C16H22N6O2/c1-11-5-8-22(12(9-11)10-17)14(23)4-3-13-20-16(21-24-13)15-18-6-2-7-19-15/h2,6-7,11-12H,3-5,8-10,17H2,1H3. The number of aryl methyl sites for hydroxylation is 1. The molecule has 0 radical (unpaired) electrons. The predicted molar refractivity (Wildman–Crippen MR) is 86.6 cm³/mol. The lowest BCUT2D eigenvalue weighted by molar-refractivity contribution is -0.135. The molecule has 2 N–H and O–H groups in total. The number of amides is 1. The van der Waals surface area contributed by atoms with E-state index in [1.807, 2.05) is 4.90 Å². The second-order valence-corrected chi connectivity index (χ2v) is 6.19. The normalized spacial score (nSPS) is 21.0. The van der Waals surface area contributed by atoms with Gasteiger partial charge in [0.2, 0.25) is 23.4 Å². The van der Waals surface area contributed by atoms with E-state index < -0.39 is 0 Å². The van der Waals surface area contributed by atoms with Crippen molar-refractivity contribution in [2.45, 2.75) is 38.6 Å². The number of hydrogen-bond acceptors (Lipinski definition) is 7. The fraction of sp³-hybridized carbons (Fsp3) is 0.562. The Labute approximate surface area is 140 Å². The van der Waals surface area contributed by atoms with E-state index in [9.17, 15) is 4.79 Å². The highest BCUT2D eigenvalue weighted by molar-refractivity contribution is 5.76. The number of nitrogens with two attached hydrogens (primary N) is 1. The minimum atomic E-state index is 0.0908. The van der Waals surface area contributed by atoms with Crippen LogP contribution in [-0.4, -0.2) is 50.0 Å². The van der Waals surface area contributed by atoms with Gasteiger partial charge >= 0.3 is 0 Å². The highest BCUT2D eigenvalue weighted by Crippen LogP contribution is 2.23. The maximum atomic E-state index is 12.5. The van der Waals surface area contributed by atoms with Crippen LogP contribution in [-0.2, 0) is 11.2 Å². The van der Waals surface area contributed by atoms with Crippen LogP contribution in [0.15, 0.2) is 23.0 Å². The van der Waals surface area contributed by atoms with Crippen molar-refractivity contribution in [3.63, 3.8) is 0 Å². The van der Waals surface area contributed by atoms with Crippen LogP contribution >= 0.6 is 0 Å². The summed E-state index contributed by atoms with van der Waals surface area (Å²) in [6, 6.07) is 1.86. The second-order valence-electron chi connectivity index (χ2n) is 6.19. The van der Waals surface area contributed by atoms with Crippen LogP contribution in [0.5, 0.6) is 0 Å². The molecule has 3 rings (SSSR count). The minimum absolute atomic E-state index is 0.0908. The van der Waals surface area contributed by atoms with Crippen LogP contribution < -0.4 is 5.73 Å². The van der Waals surface area contributed by atoms with Crippen LogP contribution in [0, 0.1) is 5.92 Å². The first-order valence-electron chi connectivity index (χ1n) is 8.27. The molecule has 1 amide bonds. The van der Waals surface area contributed by atoms with Gasteiger partial charge in [-0.15, -0.1) is 0 Å². The SMILES string of the molecule is CC1CCN(C(=O)CCc2nc(-c3ncccn3)no2)C(CN)C1. The zero-order valence-electron chi connectivity index (χ0n) is 13.8. The molecule has 2 atom stereocenters. The van der Waals surface area contributed by atoms with Gasteiger partial charge in [-0.3, -0.25) is 4.79 Å². The molecule has 1 aliphatic heterocycles. The van der Waals surface area contributed by atoms with E-state index in [1.54, 1.807) is 18.5 Å². The Hall–Kier alpha value is -2.35. The molecule has 0 aliphatic carbocycles. The third-order valence-electron chi connectivity index (χ3n) is 4.36. The molecule has 1 saturated heterocycles. The van der Waals surface area contributed by atoms with Crippen LogP contribution in [0.1, 0.15) is 32.1 Å². The van der Waals surface area contributed by atoms with Crippen molar-refractivity contribution in [1.82, 2.24) is 25.0 Å². The first kappa shape index (κ1) is 16.5. The Morgan fingerprint density at radius 1 is 1.38 bits per heavy atom. The summed E-state index contributed by atoms with van der Waals surface area (Å²) in [5.74, 6) is 1.87. The van der Waals surface area contributed by atoms with E-state index in [0.29, 0.717) is 42.8 Å². The summed E-state index contributed by atoms with van der Waals surface area (Å²) in [6.07, 6.45) is 5.97. The number of nitrogens with zero attached hydrogens (tertiary/aromatic N) is 5. The molecule has 3 heterocycles. The van der Waals surface area contributed by atoms with Crippen molar-refractivity contribution in [3.8, 4) is 11.6 Å². The largest absolute Gasteiger partial charge is 0.339 e. The Balaban J connectivity index is 1.58. The Kier molecular flexibility index (Phi) is 5.14. The fourth-order valence-electron chi connectivity index (χ4n) is 3.02. The molecule has 0 spiro atoms. The van der Waals surface area contributed by atoms with E-state index in [1.165, 1.54) is 0 Å². The summed E-state index contributed by atoms with van der Waals surface area (Å²) in [5, 5.41) is 3.86. The molecular weight excluding hydrogens is 308 g/mol. The lowest BCUT2D eigenvalue weighted by Gasteiger charge is -2.38. The molecule has 0 saturated carbocycles. The number of carbonyl (C=O) groups is 1. The molecule has 0 bridgehead atoms. The van der Waals surface area contributed by atoms with Crippen LogP contribution in [0.25, 0.3) is 11.6 Å². The van der Waals surface area contributed by atoms with Gasteiger partial charge in [0.15, 0.2) is 0 Å². The smallest absolute Gasteiger partial charge is 0.240 e. The van der Waals surface area contributed by atoms with E-state index in [0.717, 1.165) is 19.4 Å². The first-order chi connectivity index (χ1) is 11.7. The van der Waals surface area contributed by atoms with E-state index in [-0.39, 0.29) is 11.9 Å². The number of aromatic nitrogens is 4. The van der Waals surface area contributed by atoms with Crippen molar-refractivity contribution in [2.75, 3.05) is 13.1 Å². The van der Waals surface area contributed by atoms with Gasteiger partial charge in [0.25, 0.3) is 0 Å². The summed E-state index contributed by atoms with van der Waals surface area (Å²) in [6.45, 7) is 3.48. The molecule has 128 valence electrons. The maximum Gasteiger partial charge on any atom is 0.240 e. The molecule has 0 aromatic carbocycles. The zero-order valence-corrected chi connectivity index (χ0v) is 13.8. The molecule has 2 aromatic rings. The number of likely N-dealkylation sites (tertiary alicyclic amines) is 1. The molecule has 24 heavy (non-hydrogen) atoms. The number of hydrogen-bond donors (Lipinski definition) is 1. The van der Waals surface area contributed by atoms with Crippen LogP contribution in [0.4, 0.5) is 0 Å². The highest BCUT2D eigenvalue weighted by atomic mass is 16.5. The number of rotatable bonds is 5. The van der Waals surface area contributed by atoms with Crippen molar-refractivity contribution in [3.05, 3.63) is 24.4 Å². The molecule has 1 fully saturated rings. The Bertz CT molecular complexity index is 674. The van der Waals surface area contributed by atoms with Gasteiger partial charge in [-0.1, -0.05) is 12.1 Å². The second kappa shape index (κ2) is 7.48. The van der Waals surface area contributed by atoms with Crippen LogP contribution in [0.3, 0.4) is 0 Å². The summed E-state index contributed by atoms with van der Waals surface area (Å²) in [4.78, 5) is 26.8. The third kappa shape index (κ3) is 3.76. The minimum Gasteiger partial charge on any atom is -0.339 e. The lowest BCUT2D eigenvalue weighted by Crippen LogP contribution is -2.49. The van der Waals surface area contributed by atoms with Gasteiger partial charge in [0.1, 0.15) is 0 Å². The van der Waals surface area contributed by atoms with E-state index >= 15 is 0 Å². The van der Waals surface area contributed by atoms with Gasteiger partial charge in [0.05, 0.1) is 0 Å².